The van der Waals surface area contributed by atoms with Crippen molar-refractivity contribution in [2.75, 3.05) is 0 Å². The fourth-order valence-corrected chi connectivity index (χ4v) is 3.12. The van der Waals surface area contributed by atoms with Gasteiger partial charge in [0.05, 0.1) is 20.9 Å². The second kappa shape index (κ2) is 8.97. The number of nitro groups is 2. The highest BCUT2D eigenvalue weighted by molar-refractivity contribution is 6.48. The van der Waals surface area contributed by atoms with E-state index in [2.05, 4.69) is 10.2 Å². The molecule has 0 fully saturated rings. The molecule has 1 aliphatic heterocycles. The lowest BCUT2D eigenvalue weighted by Gasteiger charge is -2.16. The monoisotopic (exact) mass is 450 g/mol. The summed E-state index contributed by atoms with van der Waals surface area (Å²) < 4.78 is 5.13. The minimum atomic E-state index is -0.845. The standard InChI is InChI=1S/C18H12Cl2N4O6/c19-16-15(30-18(25)17(16)20)9-13(10-4-2-1-3-5-10)22-21-12-7-6-11(23(26)27)8-14(12)24(28)29/h1-8,13,15H,9H2. The van der Waals surface area contributed by atoms with E-state index in [0.717, 1.165) is 18.2 Å². The van der Waals surface area contributed by atoms with Crippen LogP contribution in [-0.4, -0.2) is 21.9 Å². The third kappa shape index (κ3) is 4.61. The molecule has 2 aromatic carbocycles. The average Bonchev–Trinajstić information content (AvgIpc) is 2.97. The van der Waals surface area contributed by atoms with Crippen molar-refractivity contribution in [3.05, 3.63) is 84.4 Å². The lowest BCUT2D eigenvalue weighted by atomic mass is 10.0. The quantitative estimate of drug-likeness (QED) is 0.241. The average molecular weight is 451 g/mol. The Bertz CT molecular complexity index is 1070. The maximum absolute atomic E-state index is 11.6. The molecule has 30 heavy (non-hydrogen) atoms. The Hall–Kier alpha value is -3.37. The van der Waals surface area contributed by atoms with Crippen LogP contribution in [0.3, 0.4) is 0 Å². The van der Waals surface area contributed by atoms with Gasteiger partial charge in [-0.15, -0.1) is 5.11 Å². The molecule has 2 aromatic rings. The summed E-state index contributed by atoms with van der Waals surface area (Å²) in [6, 6.07) is 11.2. The number of cyclic esters (lactones) is 1. The lowest BCUT2D eigenvalue weighted by Crippen LogP contribution is -2.14. The Morgan fingerprint density at radius 1 is 1.07 bits per heavy atom. The molecule has 0 aromatic heterocycles. The number of nitrogens with zero attached hydrogens (tertiary/aromatic N) is 4. The van der Waals surface area contributed by atoms with Gasteiger partial charge in [-0.3, -0.25) is 20.2 Å². The number of benzene rings is 2. The highest BCUT2D eigenvalue weighted by Gasteiger charge is 2.34. The highest BCUT2D eigenvalue weighted by Crippen LogP contribution is 2.37. The van der Waals surface area contributed by atoms with Crippen molar-refractivity contribution in [2.24, 2.45) is 10.2 Å². The molecule has 0 spiro atoms. The van der Waals surface area contributed by atoms with Crippen LogP contribution in [0.4, 0.5) is 17.1 Å². The Kier molecular flexibility index (Phi) is 6.38. The van der Waals surface area contributed by atoms with Crippen LogP contribution in [0.2, 0.25) is 0 Å². The van der Waals surface area contributed by atoms with Crippen LogP contribution in [0.15, 0.2) is 68.8 Å². The highest BCUT2D eigenvalue weighted by atomic mass is 35.5. The van der Waals surface area contributed by atoms with Crippen molar-refractivity contribution in [1.82, 2.24) is 0 Å². The first-order valence-corrected chi connectivity index (χ1v) is 9.18. The van der Waals surface area contributed by atoms with Crippen molar-refractivity contribution in [3.8, 4) is 0 Å². The maximum atomic E-state index is 11.6. The first-order valence-electron chi connectivity index (χ1n) is 8.42. The number of halogens is 2. The zero-order chi connectivity index (χ0) is 21.8. The predicted octanol–water partition coefficient (Wildman–Crippen LogP) is 5.33. The summed E-state index contributed by atoms with van der Waals surface area (Å²) in [5, 5.41) is 30.1. The summed E-state index contributed by atoms with van der Waals surface area (Å²) in [5.41, 5.74) is -0.471. The summed E-state index contributed by atoms with van der Waals surface area (Å²) in [6.07, 6.45) is -0.752. The van der Waals surface area contributed by atoms with Crippen LogP contribution >= 0.6 is 23.2 Å². The van der Waals surface area contributed by atoms with Crippen molar-refractivity contribution in [1.29, 1.82) is 0 Å². The van der Waals surface area contributed by atoms with Gasteiger partial charge < -0.3 is 4.74 Å². The van der Waals surface area contributed by atoms with E-state index in [1.807, 2.05) is 0 Å². The molecule has 0 bridgehead atoms. The summed E-state index contributed by atoms with van der Waals surface area (Å²) in [5.74, 6) is -0.749. The Morgan fingerprint density at radius 2 is 1.77 bits per heavy atom. The minimum absolute atomic E-state index is 0.0408. The van der Waals surface area contributed by atoms with Crippen LogP contribution in [0, 0.1) is 20.2 Å². The first kappa shape index (κ1) is 21.3. The molecule has 0 saturated carbocycles. The number of rotatable bonds is 7. The number of ether oxygens (including phenoxy) is 1. The van der Waals surface area contributed by atoms with Gasteiger partial charge in [0.15, 0.2) is 5.69 Å². The number of carbonyl (C=O) groups is 1. The molecule has 2 unspecified atom stereocenters. The molecule has 0 radical (unpaired) electrons. The van der Waals surface area contributed by atoms with Crippen LogP contribution in [0.5, 0.6) is 0 Å². The molecular formula is C18H12Cl2N4O6. The van der Waals surface area contributed by atoms with Gasteiger partial charge >= 0.3 is 11.7 Å². The molecule has 0 aliphatic carbocycles. The largest absolute Gasteiger partial charge is 0.452 e. The van der Waals surface area contributed by atoms with E-state index in [0.29, 0.717) is 5.56 Å². The topological polar surface area (TPSA) is 137 Å². The van der Waals surface area contributed by atoms with Gasteiger partial charge in [0.1, 0.15) is 17.2 Å². The fraction of sp³-hybridized carbons (Fsp3) is 0.167. The van der Waals surface area contributed by atoms with Crippen molar-refractivity contribution in [3.63, 3.8) is 0 Å². The third-order valence-corrected chi connectivity index (χ3v) is 5.10. The van der Waals surface area contributed by atoms with Gasteiger partial charge in [-0.1, -0.05) is 53.5 Å². The molecular weight excluding hydrogens is 439 g/mol. The van der Waals surface area contributed by atoms with Gasteiger partial charge in [-0.05, 0) is 11.6 Å². The van der Waals surface area contributed by atoms with E-state index >= 15 is 0 Å². The predicted molar refractivity (Wildman–Crippen MR) is 107 cm³/mol. The number of carbonyl (C=O) groups excluding carboxylic acids is 1. The number of esters is 1. The van der Waals surface area contributed by atoms with Gasteiger partial charge in [-0.25, -0.2) is 4.79 Å². The molecule has 1 aliphatic rings. The Balaban J connectivity index is 1.94. The number of non-ortho nitro benzene ring substituents is 1. The van der Waals surface area contributed by atoms with Gasteiger partial charge in [0, 0.05) is 12.5 Å². The van der Waals surface area contributed by atoms with Gasteiger partial charge in [-0.2, -0.15) is 5.11 Å². The van der Waals surface area contributed by atoms with E-state index in [-0.39, 0.29) is 22.2 Å². The molecule has 0 saturated heterocycles. The smallest absolute Gasteiger partial charge is 0.351 e. The second-order valence-electron chi connectivity index (χ2n) is 6.12. The Labute approximate surface area is 179 Å². The zero-order valence-electron chi connectivity index (χ0n) is 15.0. The molecule has 10 nitrogen and oxygen atoms in total. The van der Waals surface area contributed by atoms with Crippen molar-refractivity contribution < 1.29 is 19.4 Å². The maximum Gasteiger partial charge on any atom is 0.351 e. The molecule has 2 atom stereocenters. The van der Waals surface area contributed by atoms with Crippen LogP contribution < -0.4 is 0 Å². The summed E-state index contributed by atoms with van der Waals surface area (Å²) in [4.78, 5) is 32.3. The van der Waals surface area contributed by atoms with Crippen molar-refractivity contribution >= 4 is 46.2 Å². The van der Waals surface area contributed by atoms with Crippen LogP contribution in [-0.2, 0) is 9.53 Å². The number of hydrogen-bond donors (Lipinski definition) is 0. The number of hydrogen-bond acceptors (Lipinski definition) is 8. The number of azo groups is 1. The summed E-state index contributed by atoms with van der Waals surface area (Å²) in [6.45, 7) is 0. The lowest BCUT2D eigenvalue weighted by molar-refractivity contribution is -0.393. The fourth-order valence-electron chi connectivity index (χ4n) is 2.74. The normalized spacial score (nSPS) is 17.3. The second-order valence-corrected chi connectivity index (χ2v) is 6.91. The SMILES string of the molecule is O=C1OC(CC(N=Nc2ccc([N+](=O)[O-])cc2[N+](=O)[O-])c2ccccc2)C(Cl)=C1Cl. The third-order valence-electron chi connectivity index (χ3n) is 4.21. The molecule has 12 heteroatoms. The Morgan fingerprint density at radius 3 is 2.33 bits per heavy atom. The van der Waals surface area contributed by atoms with E-state index in [1.54, 1.807) is 30.3 Å². The van der Waals surface area contributed by atoms with Crippen LogP contribution in [0.1, 0.15) is 18.0 Å². The number of nitro benzene ring substituents is 2. The van der Waals surface area contributed by atoms with Gasteiger partial charge in [0.2, 0.25) is 0 Å². The molecule has 0 N–H and O–H groups in total. The molecule has 1 heterocycles. The zero-order valence-corrected chi connectivity index (χ0v) is 16.5. The van der Waals surface area contributed by atoms with Gasteiger partial charge in [0.25, 0.3) is 5.69 Å². The minimum Gasteiger partial charge on any atom is -0.452 e. The molecule has 3 rings (SSSR count). The van der Waals surface area contributed by atoms with E-state index in [4.69, 9.17) is 27.9 Å². The van der Waals surface area contributed by atoms with E-state index < -0.39 is 39.3 Å². The van der Waals surface area contributed by atoms with E-state index in [9.17, 15) is 25.0 Å². The molecule has 0 amide bonds. The summed E-state index contributed by atoms with van der Waals surface area (Å²) >= 11 is 11.9. The summed E-state index contributed by atoms with van der Waals surface area (Å²) in [7, 11) is 0. The van der Waals surface area contributed by atoms with Crippen molar-refractivity contribution in [2.45, 2.75) is 18.6 Å². The van der Waals surface area contributed by atoms with Crippen LogP contribution in [0.25, 0.3) is 0 Å². The van der Waals surface area contributed by atoms with E-state index in [1.165, 1.54) is 0 Å². The molecule has 154 valence electrons. The first-order chi connectivity index (χ1) is 14.3.